The fourth-order valence-corrected chi connectivity index (χ4v) is 1.58. The smallest absolute Gasteiger partial charge is 0.407 e. The van der Waals surface area contributed by atoms with Crippen molar-refractivity contribution in [2.45, 2.75) is 31.5 Å². The van der Waals surface area contributed by atoms with Crippen molar-refractivity contribution in [1.29, 1.82) is 5.26 Å². The van der Waals surface area contributed by atoms with Gasteiger partial charge in [0, 0.05) is 6.54 Å². The van der Waals surface area contributed by atoms with Gasteiger partial charge in [-0.3, -0.25) is 0 Å². The predicted octanol–water partition coefficient (Wildman–Crippen LogP) is 1.38. The van der Waals surface area contributed by atoms with Gasteiger partial charge in [-0.15, -0.1) is 0 Å². The second-order valence-electron chi connectivity index (χ2n) is 3.06. The van der Waals surface area contributed by atoms with Gasteiger partial charge in [0.25, 0.3) is 0 Å². The van der Waals surface area contributed by atoms with Crippen LogP contribution in [0.15, 0.2) is 0 Å². The Hall–Kier alpha value is -1.31. The van der Waals surface area contributed by atoms with Crippen LogP contribution in [0.4, 0.5) is 9.18 Å². The van der Waals surface area contributed by atoms with Crippen LogP contribution in [0.2, 0.25) is 0 Å². The number of nitrogens with zero attached hydrogens (tertiary/aromatic N) is 2. The molecule has 72 valence electrons. The van der Waals surface area contributed by atoms with Gasteiger partial charge < -0.3 is 10.0 Å². The van der Waals surface area contributed by atoms with Crippen molar-refractivity contribution < 1.29 is 14.3 Å². The molecule has 0 saturated carbocycles. The first-order valence-corrected chi connectivity index (χ1v) is 4.17. The van der Waals surface area contributed by atoms with Crippen molar-refractivity contribution >= 4 is 6.09 Å². The van der Waals surface area contributed by atoms with Crippen LogP contribution < -0.4 is 0 Å². The zero-order chi connectivity index (χ0) is 9.84. The zero-order valence-electron chi connectivity index (χ0n) is 7.11. The predicted molar refractivity (Wildman–Crippen MR) is 42.9 cm³/mol. The number of nitriles is 1. The summed E-state index contributed by atoms with van der Waals surface area (Å²) in [6, 6.07) is 1.04. The Labute approximate surface area is 75.6 Å². The molecule has 0 radical (unpaired) electrons. The van der Waals surface area contributed by atoms with E-state index in [1.54, 1.807) is 0 Å². The van der Waals surface area contributed by atoms with Crippen molar-refractivity contribution in [2.24, 2.45) is 0 Å². The lowest BCUT2D eigenvalue weighted by molar-refractivity contribution is 0.0626. The Balaban J connectivity index is 2.69. The van der Waals surface area contributed by atoms with Crippen LogP contribution in [0.5, 0.6) is 0 Å². The van der Waals surface area contributed by atoms with Gasteiger partial charge in [0.05, 0.1) is 18.5 Å². The number of hydrogen-bond acceptors (Lipinski definition) is 2. The third-order valence-electron chi connectivity index (χ3n) is 2.24. The molecule has 2 atom stereocenters. The van der Waals surface area contributed by atoms with E-state index >= 15 is 0 Å². The Bertz CT molecular complexity index is 239. The number of alkyl halides is 1. The molecule has 0 aromatic heterocycles. The second kappa shape index (κ2) is 4.08. The molecule has 13 heavy (non-hydrogen) atoms. The summed E-state index contributed by atoms with van der Waals surface area (Å²) in [7, 11) is 0. The first-order chi connectivity index (χ1) is 6.16. The second-order valence-corrected chi connectivity index (χ2v) is 3.06. The minimum Gasteiger partial charge on any atom is -0.465 e. The largest absolute Gasteiger partial charge is 0.465 e. The SMILES string of the molecule is N#CCC1C(F)CCCN1C(=O)O. The molecular weight excluding hydrogens is 175 g/mol. The topological polar surface area (TPSA) is 64.3 Å². The van der Waals surface area contributed by atoms with Gasteiger partial charge in [0.15, 0.2) is 0 Å². The number of piperidine rings is 1. The maximum atomic E-state index is 13.2. The highest BCUT2D eigenvalue weighted by molar-refractivity contribution is 5.65. The summed E-state index contributed by atoms with van der Waals surface area (Å²) in [6.45, 7) is 0.335. The van der Waals surface area contributed by atoms with Gasteiger partial charge in [-0.2, -0.15) is 5.26 Å². The van der Waals surface area contributed by atoms with E-state index in [1.807, 2.05) is 6.07 Å². The molecule has 0 aromatic carbocycles. The van der Waals surface area contributed by atoms with Crippen molar-refractivity contribution in [1.82, 2.24) is 4.90 Å². The van der Waals surface area contributed by atoms with E-state index in [9.17, 15) is 9.18 Å². The van der Waals surface area contributed by atoms with Crippen molar-refractivity contribution in [3.8, 4) is 6.07 Å². The van der Waals surface area contributed by atoms with Gasteiger partial charge in [0.2, 0.25) is 0 Å². The van der Waals surface area contributed by atoms with E-state index in [0.29, 0.717) is 19.4 Å². The molecule has 1 heterocycles. The fraction of sp³-hybridized carbons (Fsp3) is 0.750. The minimum atomic E-state index is -1.19. The number of likely N-dealkylation sites (tertiary alicyclic amines) is 1. The Kier molecular flexibility index (Phi) is 3.07. The Morgan fingerprint density at radius 3 is 3.00 bits per heavy atom. The average Bonchev–Trinajstić information content (AvgIpc) is 2.08. The van der Waals surface area contributed by atoms with Gasteiger partial charge >= 0.3 is 6.09 Å². The third kappa shape index (κ3) is 2.08. The van der Waals surface area contributed by atoms with E-state index < -0.39 is 18.3 Å². The summed E-state index contributed by atoms with van der Waals surface area (Å²) in [5.41, 5.74) is 0. The number of rotatable bonds is 1. The number of carbonyl (C=O) groups is 1. The molecule has 1 aliphatic heterocycles. The first-order valence-electron chi connectivity index (χ1n) is 4.17. The van der Waals surface area contributed by atoms with Crippen LogP contribution in [-0.2, 0) is 0 Å². The third-order valence-corrected chi connectivity index (χ3v) is 2.24. The van der Waals surface area contributed by atoms with Crippen LogP contribution in [0.1, 0.15) is 19.3 Å². The Morgan fingerprint density at radius 1 is 1.77 bits per heavy atom. The molecule has 0 aromatic rings. The number of carboxylic acid groups (broad SMARTS) is 1. The number of amides is 1. The van der Waals surface area contributed by atoms with E-state index in [4.69, 9.17) is 10.4 Å². The first kappa shape index (κ1) is 9.78. The van der Waals surface area contributed by atoms with Gasteiger partial charge in [-0.05, 0) is 12.8 Å². The molecule has 1 fully saturated rings. The molecule has 0 bridgehead atoms. The quantitative estimate of drug-likeness (QED) is 0.672. The summed E-state index contributed by atoms with van der Waals surface area (Å²) >= 11 is 0. The summed E-state index contributed by atoms with van der Waals surface area (Å²) in [6.07, 6.45) is -1.49. The van der Waals surface area contributed by atoms with Crippen molar-refractivity contribution in [3.05, 3.63) is 0 Å². The molecule has 4 nitrogen and oxygen atoms in total. The van der Waals surface area contributed by atoms with E-state index in [2.05, 4.69) is 0 Å². The van der Waals surface area contributed by atoms with Crippen LogP contribution >= 0.6 is 0 Å². The van der Waals surface area contributed by atoms with Crippen LogP contribution in [0.25, 0.3) is 0 Å². The van der Waals surface area contributed by atoms with Crippen LogP contribution in [0.3, 0.4) is 0 Å². The van der Waals surface area contributed by atoms with Crippen LogP contribution in [-0.4, -0.2) is 34.9 Å². The molecule has 5 heteroatoms. The lowest BCUT2D eigenvalue weighted by Crippen LogP contribution is -2.48. The Morgan fingerprint density at radius 2 is 2.46 bits per heavy atom. The lowest BCUT2D eigenvalue weighted by atomic mass is 9.98. The van der Waals surface area contributed by atoms with Gasteiger partial charge in [-0.1, -0.05) is 0 Å². The zero-order valence-corrected chi connectivity index (χ0v) is 7.11. The van der Waals surface area contributed by atoms with E-state index in [0.717, 1.165) is 4.90 Å². The fourth-order valence-electron chi connectivity index (χ4n) is 1.58. The molecule has 1 N–H and O–H groups in total. The summed E-state index contributed by atoms with van der Waals surface area (Å²) in [4.78, 5) is 11.7. The molecule has 0 aliphatic carbocycles. The maximum absolute atomic E-state index is 13.2. The minimum absolute atomic E-state index is 0.0620. The summed E-state index contributed by atoms with van der Waals surface area (Å²) in [5.74, 6) is 0. The maximum Gasteiger partial charge on any atom is 0.407 e. The molecule has 1 amide bonds. The monoisotopic (exact) mass is 186 g/mol. The summed E-state index contributed by atoms with van der Waals surface area (Å²) in [5, 5.41) is 17.1. The molecule has 0 spiro atoms. The highest BCUT2D eigenvalue weighted by atomic mass is 19.1. The van der Waals surface area contributed by atoms with Crippen molar-refractivity contribution in [3.63, 3.8) is 0 Å². The highest BCUT2D eigenvalue weighted by Crippen LogP contribution is 2.22. The van der Waals surface area contributed by atoms with Gasteiger partial charge in [-0.25, -0.2) is 9.18 Å². The van der Waals surface area contributed by atoms with Crippen molar-refractivity contribution in [2.75, 3.05) is 6.54 Å². The number of halogens is 1. The molecule has 1 saturated heterocycles. The van der Waals surface area contributed by atoms with E-state index in [-0.39, 0.29) is 6.42 Å². The normalized spacial score (nSPS) is 28.2. The molecule has 1 rings (SSSR count). The molecular formula is C8H11FN2O2. The molecule has 1 aliphatic rings. The lowest BCUT2D eigenvalue weighted by Gasteiger charge is -2.34. The standard InChI is InChI=1S/C8H11FN2O2/c9-6-2-1-5-11(8(12)13)7(6)3-4-10/h6-7H,1-3,5H2,(H,12,13). The number of hydrogen-bond donors (Lipinski definition) is 1. The summed E-state index contributed by atoms with van der Waals surface area (Å²) < 4.78 is 13.2. The van der Waals surface area contributed by atoms with E-state index in [1.165, 1.54) is 0 Å². The van der Waals surface area contributed by atoms with Crippen LogP contribution in [0, 0.1) is 11.3 Å². The van der Waals surface area contributed by atoms with Gasteiger partial charge in [0.1, 0.15) is 6.17 Å². The highest BCUT2D eigenvalue weighted by Gasteiger charge is 2.34. The molecule has 2 unspecified atom stereocenters. The average molecular weight is 186 g/mol.